The quantitative estimate of drug-likeness (QED) is 0.502. The van der Waals surface area contributed by atoms with E-state index in [9.17, 15) is 19.5 Å². The highest BCUT2D eigenvalue weighted by Gasteiger charge is 2.64. The number of hydrogen-bond donors (Lipinski definition) is 2. The molecule has 5 rings (SSSR count). The standard InChI is InChI=1S/C26H23BrN2O5/c1-13-4-6-15(7-5-13)17-12-29(3)26(18-11-16(27)8-9-19(18)28-25(26)33)22(17)23(31)21-20(30)10-14(2)34-24(21)32/h4-11,17,22,30H,12H2,1-3H3,(H,28,33)/t17-,22+,26-/m0/s1. The van der Waals surface area contributed by atoms with E-state index in [0.29, 0.717) is 17.8 Å². The second kappa shape index (κ2) is 7.92. The number of likely N-dealkylation sites (tertiary alicyclic amines) is 1. The largest absolute Gasteiger partial charge is 0.507 e. The molecule has 34 heavy (non-hydrogen) atoms. The van der Waals surface area contributed by atoms with Crippen LogP contribution in [0.3, 0.4) is 0 Å². The topological polar surface area (TPSA) is 99.8 Å². The summed E-state index contributed by atoms with van der Waals surface area (Å²) in [6, 6.07) is 14.5. The van der Waals surface area contributed by atoms with Crippen molar-refractivity contribution in [3.05, 3.63) is 91.4 Å². The van der Waals surface area contributed by atoms with Crippen molar-refractivity contribution < 1.29 is 19.1 Å². The van der Waals surface area contributed by atoms with Gasteiger partial charge in [0.25, 0.3) is 0 Å². The molecule has 1 saturated heterocycles. The average Bonchev–Trinajstić information content (AvgIpc) is 3.23. The van der Waals surface area contributed by atoms with Gasteiger partial charge < -0.3 is 14.8 Å². The smallest absolute Gasteiger partial charge is 0.350 e. The molecular formula is C26H23BrN2O5. The number of Topliss-reactive ketones (excluding diaryl/α,β-unsaturated/α-hetero) is 1. The maximum atomic E-state index is 14.2. The lowest BCUT2D eigenvalue weighted by molar-refractivity contribution is -0.126. The van der Waals surface area contributed by atoms with Gasteiger partial charge in [-0.3, -0.25) is 14.5 Å². The molecule has 1 amide bonds. The summed E-state index contributed by atoms with van der Waals surface area (Å²) in [6.45, 7) is 3.90. The van der Waals surface area contributed by atoms with Crippen molar-refractivity contribution in [3.8, 4) is 5.75 Å². The van der Waals surface area contributed by atoms with Crippen LogP contribution in [0.4, 0.5) is 5.69 Å². The van der Waals surface area contributed by atoms with Crippen molar-refractivity contribution in [2.45, 2.75) is 25.3 Å². The van der Waals surface area contributed by atoms with Gasteiger partial charge in [0.2, 0.25) is 5.91 Å². The molecular weight excluding hydrogens is 500 g/mol. The predicted octanol–water partition coefficient (Wildman–Crippen LogP) is 4.10. The van der Waals surface area contributed by atoms with Crippen LogP contribution in [0.25, 0.3) is 0 Å². The third-order valence-corrected chi connectivity index (χ3v) is 7.49. The first-order valence-corrected chi connectivity index (χ1v) is 11.7. The molecule has 7 nitrogen and oxygen atoms in total. The Kier molecular flexibility index (Phi) is 5.26. The van der Waals surface area contributed by atoms with Crippen LogP contribution in [0, 0.1) is 19.8 Å². The van der Waals surface area contributed by atoms with Crippen LogP contribution in [0.5, 0.6) is 5.75 Å². The Bertz CT molecular complexity index is 1400. The number of ketones is 1. The number of halogens is 1. The average molecular weight is 523 g/mol. The van der Waals surface area contributed by atoms with Crippen molar-refractivity contribution in [3.63, 3.8) is 0 Å². The summed E-state index contributed by atoms with van der Waals surface area (Å²) in [5.74, 6) is -2.60. The van der Waals surface area contributed by atoms with E-state index in [4.69, 9.17) is 4.42 Å². The lowest BCUT2D eigenvalue weighted by Crippen LogP contribution is -2.51. The first-order chi connectivity index (χ1) is 16.1. The minimum Gasteiger partial charge on any atom is -0.507 e. The molecule has 1 spiro atoms. The molecule has 8 heteroatoms. The first-order valence-electron chi connectivity index (χ1n) is 10.9. The van der Waals surface area contributed by atoms with Gasteiger partial charge in [0.05, 0.1) is 5.92 Å². The van der Waals surface area contributed by atoms with Crippen LogP contribution in [0.2, 0.25) is 0 Å². The number of nitrogens with one attached hydrogen (secondary N) is 1. The van der Waals surface area contributed by atoms with Crippen LogP contribution in [-0.4, -0.2) is 35.3 Å². The molecule has 174 valence electrons. The summed E-state index contributed by atoms with van der Waals surface area (Å²) < 4.78 is 5.92. The van der Waals surface area contributed by atoms with Gasteiger partial charge >= 0.3 is 5.63 Å². The molecule has 2 aliphatic rings. The SMILES string of the molecule is Cc1ccc([C@@H]2CN(C)[C@]3(C(=O)Nc4ccc(Br)cc43)[C@H]2C(=O)c2c(O)cc(C)oc2=O)cc1. The fourth-order valence-electron chi connectivity index (χ4n) is 5.50. The van der Waals surface area contributed by atoms with E-state index in [1.165, 1.54) is 13.0 Å². The number of aryl methyl sites for hydroxylation is 2. The van der Waals surface area contributed by atoms with Crippen molar-refractivity contribution in [2.75, 3.05) is 18.9 Å². The summed E-state index contributed by atoms with van der Waals surface area (Å²) in [7, 11) is 1.81. The fourth-order valence-corrected chi connectivity index (χ4v) is 5.86. The summed E-state index contributed by atoms with van der Waals surface area (Å²) >= 11 is 3.49. The molecule has 2 aliphatic heterocycles. The Balaban J connectivity index is 1.78. The van der Waals surface area contributed by atoms with E-state index in [0.717, 1.165) is 15.6 Å². The van der Waals surface area contributed by atoms with Crippen LogP contribution in [-0.2, 0) is 10.3 Å². The molecule has 2 aromatic carbocycles. The van der Waals surface area contributed by atoms with Gasteiger partial charge in [0.15, 0.2) is 5.78 Å². The predicted molar refractivity (Wildman–Crippen MR) is 130 cm³/mol. The van der Waals surface area contributed by atoms with E-state index in [1.54, 1.807) is 6.07 Å². The highest BCUT2D eigenvalue weighted by molar-refractivity contribution is 9.10. The Morgan fingerprint density at radius 2 is 1.85 bits per heavy atom. The van der Waals surface area contributed by atoms with Gasteiger partial charge in [-0.05, 0) is 44.7 Å². The molecule has 2 N–H and O–H groups in total. The van der Waals surface area contributed by atoms with Crippen LogP contribution in [0.15, 0.2) is 62.2 Å². The molecule has 1 aromatic heterocycles. The molecule has 3 heterocycles. The van der Waals surface area contributed by atoms with Gasteiger partial charge in [0.1, 0.15) is 22.6 Å². The maximum Gasteiger partial charge on any atom is 0.350 e. The van der Waals surface area contributed by atoms with Crippen molar-refractivity contribution in [1.82, 2.24) is 4.90 Å². The molecule has 0 bridgehead atoms. The molecule has 3 atom stereocenters. The van der Waals surface area contributed by atoms with Gasteiger partial charge in [-0.15, -0.1) is 0 Å². The van der Waals surface area contributed by atoms with Crippen LogP contribution < -0.4 is 10.9 Å². The van der Waals surface area contributed by atoms with E-state index in [1.807, 2.05) is 55.3 Å². The third kappa shape index (κ3) is 3.16. The number of amides is 1. The number of benzene rings is 2. The van der Waals surface area contributed by atoms with E-state index in [2.05, 4.69) is 21.2 Å². The van der Waals surface area contributed by atoms with Gasteiger partial charge in [-0.1, -0.05) is 45.8 Å². The number of likely N-dealkylation sites (N-methyl/N-ethyl adjacent to an activating group) is 1. The Hall–Kier alpha value is -3.23. The Morgan fingerprint density at radius 3 is 2.53 bits per heavy atom. The summed E-state index contributed by atoms with van der Waals surface area (Å²) in [6.07, 6.45) is 0. The second-order valence-electron chi connectivity index (χ2n) is 9.05. The number of rotatable bonds is 3. The molecule has 3 aromatic rings. The number of hydrogen-bond acceptors (Lipinski definition) is 6. The number of carbonyl (C=O) groups is 2. The van der Waals surface area contributed by atoms with E-state index >= 15 is 0 Å². The van der Waals surface area contributed by atoms with Crippen LogP contribution in [0.1, 0.15) is 38.7 Å². The fraction of sp³-hybridized carbons (Fsp3) is 0.269. The Morgan fingerprint density at radius 1 is 1.15 bits per heavy atom. The van der Waals surface area contributed by atoms with E-state index < -0.39 is 40.1 Å². The highest BCUT2D eigenvalue weighted by Crippen LogP contribution is 2.56. The molecule has 0 aliphatic carbocycles. The normalized spacial score (nSPS) is 23.8. The zero-order valence-corrected chi connectivity index (χ0v) is 20.5. The van der Waals surface area contributed by atoms with Crippen molar-refractivity contribution >= 4 is 33.3 Å². The highest BCUT2D eigenvalue weighted by atomic mass is 79.9. The van der Waals surface area contributed by atoms with Gasteiger partial charge in [0, 0.05) is 34.3 Å². The summed E-state index contributed by atoms with van der Waals surface area (Å²) in [4.78, 5) is 42.5. The minimum absolute atomic E-state index is 0.195. The zero-order valence-electron chi connectivity index (χ0n) is 18.9. The van der Waals surface area contributed by atoms with Crippen molar-refractivity contribution in [1.29, 1.82) is 0 Å². The van der Waals surface area contributed by atoms with Crippen molar-refractivity contribution in [2.24, 2.45) is 5.92 Å². The number of fused-ring (bicyclic) bond motifs is 2. The summed E-state index contributed by atoms with van der Waals surface area (Å²) in [5.41, 5.74) is 0.495. The lowest BCUT2D eigenvalue weighted by atomic mass is 9.70. The molecule has 0 radical (unpaired) electrons. The molecule has 0 unspecified atom stereocenters. The van der Waals surface area contributed by atoms with Crippen LogP contribution >= 0.6 is 15.9 Å². The molecule has 0 saturated carbocycles. The zero-order chi connectivity index (χ0) is 24.4. The summed E-state index contributed by atoms with van der Waals surface area (Å²) in [5, 5.41) is 13.5. The van der Waals surface area contributed by atoms with Gasteiger partial charge in [-0.25, -0.2) is 4.79 Å². The van der Waals surface area contributed by atoms with Gasteiger partial charge in [-0.2, -0.15) is 0 Å². The van der Waals surface area contributed by atoms with E-state index in [-0.39, 0.29) is 11.7 Å². The molecule has 1 fully saturated rings. The number of anilines is 1. The minimum atomic E-state index is -1.37. The number of aromatic hydroxyl groups is 1. The lowest BCUT2D eigenvalue weighted by Gasteiger charge is -2.35. The maximum absolute atomic E-state index is 14.2. The Labute approximate surface area is 204 Å². The third-order valence-electron chi connectivity index (χ3n) is 7.00. The monoisotopic (exact) mass is 522 g/mol. The first kappa shape index (κ1) is 22.6. The number of nitrogens with zero attached hydrogens (tertiary/aromatic N) is 1. The number of carbonyl (C=O) groups excluding carboxylic acids is 2. The second-order valence-corrected chi connectivity index (χ2v) is 9.97.